The third-order valence-corrected chi connectivity index (χ3v) is 5.58. The molecule has 0 aromatic heterocycles. The lowest BCUT2D eigenvalue weighted by Crippen LogP contribution is -2.40. The molecule has 4 nitrogen and oxygen atoms in total. The maximum absolute atomic E-state index is 13.0. The van der Waals surface area contributed by atoms with Gasteiger partial charge in [0, 0.05) is 23.6 Å². The van der Waals surface area contributed by atoms with Crippen LogP contribution in [0.1, 0.15) is 64.0 Å². The number of carbonyl (C=O) groups is 2. The van der Waals surface area contributed by atoms with E-state index in [1.54, 1.807) is 0 Å². The zero-order valence-corrected chi connectivity index (χ0v) is 18.2. The van der Waals surface area contributed by atoms with E-state index >= 15 is 0 Å². The van der Waals surface area contributed by atoms with E-state index in [2.05, 4.69) is 10.6 Å². The lowest BCUT2D eigenvalue weighted by molar-refractivity contribution is -0.143. The van der Waals surface area contributed by atoms with Crippen molar-refractivity contribution in [2.75, 3.05) is 11.9 Å². The third kappa shape index (κ3) is 7.79. The quantitative estimate of drug-likeness (QED) is 0.520. The fraction of sp³-hybridized carbons (Fsp3) is 0.636. The minimum atomic E-state index is -4.97. The van der Waals surface area contributed by atoms with Gasteiger partial charge >= 0.3 is 12.4 Å². The molecule has 2 rings (SSSR count). The Hall–Kier alpha value is -2.10. The summed E-state index contributed by atoms with van der Waals surface area (Å²) in [6.07, 6.45) is -7.13. The van der Waals surface area contributed by atoms with Crippen molar-refractivity contribution in [3.63, 3.8) is 0 Å². The molecular formula is C22H28F6N2O2. The summed E-state index contributed by atoms with van der Waals surface area (Å²) in [4.78, 5) is 24.3. The molecule has 1 saturated carbocycles. The molecule has 0 bridgehead atoms. The van der Waals surface area contributed by atoms with Gasteiger partial charge in [0.1, 0.15) is 0 Å². The number of Topliss-reactive ketones (excluding diaryl/α,β-unsaturated/α-hetero) is 1. The van der Waals surface area contributed by atoms with Crippen LogP contribution in [0, 0.1) is 11.3 Å². The van der Waals surface area contributed by atoms with E-state index in [0.29, 0.717) is 25.0 Å². The van der Waals surface area contributed by atoms with Gasteiger partial charge in [-0.15, -0.1) is 0 Å². The van der Waals surface area contributed by atoms with Gasteiger partial charge in [0.2, 0.25) is 5.91 Å². The van der Waals surface area contributed by atoms with Gasteiger partial charge in [0.25, 0.3) is 0 Å². The van der Waals surface area contributed by atoms with E-state index in [-0.39, 0.29) is 36.8 Å². The molecule has 0 atom stereocenters. The van der Waals surface area contributed by atoms with Gasteiger partial charge in [0.05, 0.1) is 17.7 Å². The summed E-state index contributed by atoms with van der Waals surface area (Å²) in [5, 5.41) is 5.40. The Bertz CT molecular complexity index is 787. The van der Waals surface area contributed by atoms with Crippen molar-refractivity contribution in [1.29, 1.82) is 0 Å². The Labute approximate surface area is 183 Å². The monoisotopic (exact) mass is 466 g/mol. The minimum Gasteiger partial charge on any atom is -0.326 e. The van der Waals surface area contributed by atoms with Crippen LogP contribution in [-0.2, 0) is 21.9 Å². The topological polar surface area (TPSA) is 58.2 Å². The van der Waals surface area contributed by atoms with Crippen LogP contribution in [0.25, 0.3) is 0 Å². The summed E-state index contributed by atoms with van der Waals surface area (Å²) in [5.41, 5.74) is -3.91. The van der Waals surface area contributed by atoms with Gasteiger partial charge in [-0.25, -0.2) is 0 Å². The lowest BCUT2D eigenvalue weighted by atomic mass is 9.83. The average Bonchev–Trinajstić information content (AvgIpc) is 2.64. The number of rotatable bonds is 6. The van der Waals surface area contributed by atoms with Crippen molar-refractivity contribution >= 4 is 17.4 Å². The van der Waals surface area contributed by atoms with Gasteiger partial charge in [-0.2, -0.15) is 26.3 Å². The smallest absolute Gasteiger partial charge is 0.326 e. The van der Waals surface area contributed by atoms with E-state index in [1.165, 1.54) is 0 Å². The van der Waals surface area contributed by atoms with Crippen molar-refractivity contribution in [1.82, 2.24) is 5.32 Å². The molecule has 1 aromatic carbocycles. The Morgan fingerprint density at radius 1 is 0.875 bits per heavy atom. The van der Waals surface area contributed by atoms with Crippen LogP contribution in [0.4, 0.5) is 32.0 Å². The van der Waals surface area contributed by atoms with Gasteiger partial charge in [0.15, 0.2) is 5.78 Å². The van der Waals surface area contributed by atoms with E-state index in [0.717, 1.165) is 12.8 Å². The second-order valence-corrected chi connectivity index (χ2v) is 9.32. The molecule has 1 aromatic rings. The second-order valence-electron chi connectivity index (χ2n) is 9.32. The van der Waals surface area contributed by atoms with Gasteiger partial charge in [-0.3, -0.25) is 9.59 Å². The first-order valence-electron chi connectivity index (χ1n) is 10.4. The minimum absolute atomic E-state index is 0.00520. The fourth-order valence-electron chi connectivity index (χ4n) is 3.57. The number of hydrogen-bond donors (Lipinski definition) is 2. The zero-order valence-electron chi connectivity index (χ0n) is 18.2. The lowest BCUT2D eigenvalue weighted by Gasteiger charge is -2.29. The molecule has 0 spiro atoms. The Kier molecular flexibility index (Phi) is 8.01. The maximum Gasteiger partial charge on any atom is 0.416 e. The molecule has 32 heavy (non-hydrogen) atoms. The number of halogens is 6. The van der Waals surface area contributed by atoms with Crippen molar-refractivity contribution in [2.45, 2.75) is 71.3 Å². The summed E-state index contributed by atoms with van der Waals surface area (Å²) < 4.78 is 77.7. The Morgan fingerprint density at radius 2 is 1.38 bits per heavy atom. The highest BCUT2D eigenvalue weighted by molar-refractivity contribution is 5.91. The molecule has 0 heterocycles. The summed E-state index contributed by atoms with van der Waals surface area (Å²) >= 11 is 0. The first-order valence-corrected chi connectivity index (χ1v) is 10.4. The van der Waals surface area contributed by atoms with Crippen molar-refractivity contribution in [2.24, 2.45) is 11.3 Å². The molecular weight excluding hydrogens is 438 g/mol. The summed E-state index contributed by atoms with van der Waals surface area (Å²) in [7, 11) is 0. The molecule has 0 saturated heterocycles. The van der Waals surface area contributed by atoms with E-state index < -0.39 is 40.5 Å². The normalized spacial score (nSPS) is 20.2. The van der Waals surface area contributed by atoms with Crippen LogP contribution < -0.4 is 10.6 Å². The summed E-state index contributed by atoms with van der Waals surface area (Å²) in [6, 6.07) is 1.16. The highest BCUT2D eigenvalue weighted by Gasteiger charge is 2.37. The van der Waals surface area contributed by atoms with Crippen molar-refractivity contribution in [3.05, 3.63) is 29.3 Å². The number of amides is 1. The predicted molar refractivity (Wildman–Crippen MR) is 108 cm³/mol. The van der Waals surface area contributed by atoms with E-state index in [1.807, 2.05) is 20.8 Å². The SMILES string of the molecule is CC(C)(C)C(=O)CNC1CCC(CC(=O)Nc2cc(C(F)(F)F)cc(C(F)(F)F)c2)CC1. The van der Waals surface area contributed by atoms with Crippen LogP contribution >= 0.6 is 0 Å². The molecule has 1 aliphatic rings. The van der Waals surface area contributed by atoms with Gasteiger partial charge in [-0.1, -0.05) is 20.8 Å². The number of alkyl halides is 6. The van der Waals surface area contributed by atoms with E-state index in [4.69, 9.17) is 0 Å². The molecule has 2 N–H and O–H groups in total. The van der Waals surface area contributed by atoms with Crippen molar-refractivity contribution < 1.29 is 35.9 Å². The van der Waals surface area contributed by atoms with Crippen LogP contribution in [0.15, 0.2) is 18.2 Å². The molecule has 1 amide bonds. The fourth-order valence-corrected chi connectivity index (χ4v) is 3.57. The van der Waals surface area contributed by atoms with Crippen LogP contribution in [0.5, 0.6) is 0 Å². The van der Waals surface area contributed by atoms with Gasteiger partial charge in [-0.05, 0) is 49.8 Å². The molecule has 0 unspecified atom stereocenters. The largest absolute Gasteiger partial charge is 0.416 e. The Balaban J connectivity index is 1.92. The number of hydrogen-bond acceptors (Lipinski definition) is 3. The zero-order chi connectivity index (χ0) is 24.3. The standard InChI is InChI=1S/C22H28F6N2O2/c1-20(2,3)18(31)12-29-16-6-4-13(5-7-16)8-19(32)30-17-10-14(21(23,24)25)9-15(11-17)22(26,27)28/h9-11,13,16,29H,4-8,12H2,1-3H3,(H,30,32). The van der Waals surface area contributed by atoms with E-state index in [9.17, 15) is 35.9 Å². The molecule has 1 aliphatic carbocycles. The number of carbonyl (C=O) groups excluding carboxylic acids is 2. The van der Waals surface area contributed by atoms with Crippen LogP contribution in [0.3, 0.4) is 0 Å². The first kappa shape index (κ1) is 26.2. The molecule has 0 aliphatic heterocycles. The number of ketones is 1. The molecule has 10 heteroatoms. The third-order valence-electron chi connectivity index (χ3n) is 5.58. The highest BCUT2D eigenvalue weighted by Crippen LogP contribution is 2.37. The molecule has 180 valence electrons. The van der Waals surface area contributed by atoms with Crippen molar-refractivity contribution in [3.8, 4) is 0 Å². The first-order chi connectivity index (χ1) is 14.6. The molecule has 1 fully saturated rings. The van der Waals surface area contributed by atoms with Crippen LogP contribution in [-0.4, -0.2) is 24.3 Å². The number of benzene rings is 1. The molecule has 0 radical (unpaired) electrons. The average molecular weight is 466 g/mol. The second kappa shape index (κ2) is 9.80. The highest BCUT2D eigenvalue weighted by atomic mass is 19.4. The summed E-state index contributed by atoms with van der Waals surface area (Å²) in [6.45, 7) is 5.79. The predicted octanol–water partition coefficient (Wildman–Crippen LogP) is 5.82. The van der Waals surface area contributed by atoms with Gasteiger partial charge < -0.3 is 10.6 Å². The van der Waals surface area contributed by atoms with Crippen LogP contribution in [0.2, 0.25) is 0 Å². The Morgan fingerprint density at radius 3 is 1.81 bits per heavy atom. The number of anilines is 1. The number of nitrogens with one attached hydrogen (secondary N) is 2. The maximum atomic E-state index is 13.0. The summed E-state index contributed by atoms with van der Waals surface area (Å²) in [5.74, 6) is -0.561.